The van der Waals surface area contributed by atoms with Gasteiger partial charge in [-0.05, 0) is 65.2 Å². The number of pyridine rings is 1. The molecule has 3 aromatic heterocycles. The maximum atomic E-state index is 12.5. The zero-order valence-corrected chi connectivity index (χ0v) is 19.9. The van der Waals surface area contributed by atoms with Crippen LogP contribution in [0.3, 0.4) is 0 Å². The summed E-state index contributed by atoms with van der Waals surface area (Å²) in [4.78, 5) is 26.9. The van der Waals surface area contributed by atoms with Crippen molar-refractivity contribution in [3.05, 3.63) is 66.2 Å². The van der Waals surface area contributed by atoms with Crippen LogP contribution in [0.2, 0.25) is 0 Å². The van der Waals surface area contributed by atoms with E-state index in [1.54, 1.807) is 29.4 Å². The van der Waals surface area contributed by atoms with Crippen molar-refractivity contribution in [2.24, 2.45) is 0 Å². The minimum atomic E-state index is -0.111. The fourth-order valence-electron chi connectivity index (χ4n) is 4.19. The lowest BCUT2D eigenvalue weighted by Crippen LogP contribution is -2.41. The molecule has 0 aliphatic carbocycles. The molecule has 1 saturated heterocycles. The summed E-state index contributed by atoms with van der Waals surface area (Å²) in [5.41, 5.74) is 8.47. The molecule has 0 radical (unpaired) electrons. The number of aromatic nitrogens is 5. The van der Waals surface area contributed by atoms with Crippen LogP contribution in [0.1, 0.15) is 18.9 Å². The molecule has 34 heavy (non-hydrogen) atoms. The van der Waals surface area contributed by atoms with E-state index in [0.717, 1.165) is 18.4 Å². The molecule has 172 valence electrons. The predicted octanol–water partition coefficient (Wildman–Crippen LogP) is 4.33. The van der Waals surface area contributed by atoms with Crippen LogP contribution in [0, 0.1) is 0 Å². The van der Waals surface area contributed by atoms with Gasteiger partial charge >= 0.3 is 0 Å². The highest BCUT2D eigenvalue weighted by molar-refractivity contribution is 9.12. The first kappa shape index (κ1) is 22.0. The number of nitrogen functional groups attached to an aromatic ring is 1. The van der Waals surface area contributed by atoms with E-state index >= 15 is 0 Å². The van der Waals surface area contributed by atoms with E-state index in [-0.39, 0.29) is 11.9 Å². The van der Waals surface area contributed by atoms with Gasteiger partial charge in [-0.3, -0.25) is 9.78 Å². The number of likely N-dealkylation sites (tertiary alicyclic amines) is 1. The van der Waals surface area contributed by atoms with Crippen molar-refractivity contribution in [2.45, 2.75) is 18.9 Å². The fraction of sp³-hybridized carbons (Fsp3) is 0.208. The normalized spacial score (nSPS) is 15.9. The van der Waals surface area contributed by atoms with E-state index in [0.29, 0.717) is 51.6 Å². The van der Waals surface area contributed by atoms with Gasteiger partial charge in [0.15, 0.2) is 5.65 Å². The Morgan fingerprint density at radius 1 is 1.12 bits per heavy atom. The van der Waals surface area contributed by atoms with Crippen LogP contribution in [0.15, 0.2) is 66.2 Å². The summed E-state index contributed by atoms with van der Waals surface area (Å²) in [6.07, 6.45) is 6.53. The Morgan fingerprint density at radius 3 is 2.59 bits per heavy atom. The Bertz CT molecular complexity index is 1360. The van der Waals surface area contributed by atoms with Crippen LogP contribution in [0.5, 0.6) is 11.5 Å². The molecular weight excluding hydrogens is 498 g/mol. The Labute approximate surface area is 204 Å². The monoisotopic (exact) mass is 519 g/mol. The summed E-state index contributed by atoms with van der Waals surface area (Å²) in [5.74, 6) is 1.65. The van der Waals surface area contributed by atoms with Crippen molar-refractivity contribution < 1.29 is 9.53 Å². The smallest absolute Gasteiger partial charge is 0.260 e. The average Bonchev–Trinajstić information content (AvgIpc) is 3.26. The maximum Gasteiger partial charge on any atom is 0.260 e. The van der Waals surface area contributed by atoms with Crippen LogP contribution in [-0.4, -0.2) is 48.6 Å². The van der Waals surface area contributed by atoms with Crippen molar-refractivity contribution in [3.8, 4) is 22.8 Å². The van der Waals surface area contributed by atoms with Gasteiger partial charge in [0.05, 0.1) is 15.9 Å². The molecule has 1 aliphatic rings. The van der Waals surface area contributed by atoms with Crippen LogP contribution < -0.4 is 10.5 Å². The zero-order chi connectivity index (χ0) is 23.7. The lowest BCUT2D eigenvalue weighted by Gasteiger charge is -2.32. The Balaban J connectivity index is 1.49. The Hall–Kier alpha value is -3.79. The first-order valence-corrected chi connectivity index (χ1v) is 11.6. The highest BCUT2D eigenvalue weighted by Gasteiger charge is 2.29. The number of piperidine rings is 1. The van der Waals surface area contributed by atoms with Crippen LogP contribution in [-0.2, 0) is 4.79 Å². The van der Waals surface area contributed by atoms with E-state index in [4.69, 9.17) is 15.6 Å². The number of rotatable bonds is 5. The van der Waals surface area contributed by atoms with Gasteiger partial charge in [0.25, 0.3) is 5.91 Å². The number of hydrogen-bond acceptors (Lipinski definition) is 7. The predicted molar refractivity (Wildman–Crippen MR) is 132 cm³/mol. The molecule has 5 rings (SSSR count). The minimum Gasteiger partial charge on any atom is -0.457 e. The summed E-state index contributed by atoms with van der Waals surface area (Å²) in [6.45, 7) is 4.92. The third kappa shape index (κ3) is 4.24. The lowest BCUT2D eigenvalue weighted by atomic mass is 10.1. The number of carbonyl (C=O) groups is 1. The highest BCUT2D eigenvalue weighted by atomic mass is 79.9. The van der Waals surface area contributed by atoms with Crippen molar-refractivity contribution >= 4 is 38.7 Å². The van der Waals surface area contributed by atoms with Gasteiger partial charge < -0.3 is 15.4 Å². The van der Waals surface area contributed by atoms with E-state index in [1.807, 2.05) is 28.9 Å². The Kier molecular flexibility index (Phi) is 5.97. The molecule has 4 heterocycles. The van der Waals surface area contributed by atoms with Crippen LogP contribution in [0.25, 0.3) is 22.3 Å². The van der Waals surface area contributed by atoms with Gasteiger partial charge in [-0.15, -0.1) is 0 Å². The molecule has 1 fully saturated rings. The van der Waals surface area contributed by atoms with Crippen molar-refractivity contribution in [2.75, 3.05) is 18.8 Å². The maximum absolute atomic E-state index is 12.5. The molecule has 2 N–H and O–H groups in total. The molecule has 1 aromatic carbocycles. The second-order valence-corrected chi connectivity index (χ2v) is 8.97. The third-order valence-electron chi connectivity index (χ3n) is 5.79. The number of anilines is 1. The summed E-state index contributed by atoms with van der Waals surface area (Å²) >= 11 is 3.20. The second-order valence-electron chi connectivity index (χ2n) is 8.01. The zero-order valence-electron chi connectivity index (χ0n) is 18.3. The molecule has 10 heteroatoms. The summed E-state index contributed by atoms with van der Waals surface area (Å²) < 4.78 is 8.09. The second kappa shape index (κ2) is 9.22. The molecule has 9 nitrogen and oxygen atoms in total. The topological polar surface area (TPSA) is 112 Å². The van der Waals surface area contributed by atoms with Gasteiger partial charge in [0.1, 0.15) is 29.3 Å². The standard InChI is InChI=1S/C24H22BrN7O2/c1-15(25)24(33)31-12-2-3-17(13-31)32-23-20(22(26)28-14-29-23)21(30-32)16-4-6-18(7-5-16)34-19-8-10-27-11-9-19/h4-11,14,17H,1-3,12-13H2,(H2,26,28,29). The van der Waals surface area contributed by atoms with Crippen LogP contribution in [0.4, 0.5) is 5.82 Å². The number of nitrogens with two attached hydrogens (primary N) is 1. The molecule has 0 bridgehead atoms. The largest absolute Gasteiger partial charge is 0.457 e. The number of fused-ring (bicyclic) bond motifs is 1. The molecule has 1 aliphatic heterocycles. The first-order valence-electron chi connectivity index (χ1n) is 10.8. The molecule has 0 saturated carbocycles. The number of ether oxygens (including phenoxy) is 1. The number of nitrogens with zero attached hydrogens (tertiary/aromatic N) is 6. The van der Waals surface area contributed by atoms with Crippen LogP contribution >= 0.6 is 15.9 Å². The van der Waals surface area contributed by atoms with Gasteiger partial charge in [-0.2, -0.15) is 5.10 Å². The van der Waals surface area contributed by atoms with Crippen molar-refractivity contribution in [1.29, 1.82) is 0 Å². The number of hydrogen-bond donors (Lipinski definition) is 1. The molecular formula is C24H22BrN7O2. The van der Waals surface area contributed by atoms with Crippen molar-refractivity contribution in [1.82, 2.24) is 29.6 Å². The lowest BCUT2D eigenvalue weighted by molar-refractivity contribution is -0.127. The van der Waals surface area contributed by atoms with E-state index < -0.39 is 0 Å². The SMILES string of the molecule is C=C(Br)C(=O)N1CCCC(n2nc(-c3ccc(Oc4ccncc4)cc3)c3c(N)ncnc32)C1. The number of amides is 1. The molecule has 0 spiro atoms. The summed E-state index contributed by atoms with van der Waals surface area (Å²) in [7, 11) is 0. The van der Waals surface area contributed by atoms with Gasteiger partial charge in [0, 0.05) is 31.0 Å². The first-order chi connectivity index (χ1) is 16.5. The quantitative estimate of drug-likeness (QED) is 0.390. The number of carbonyl (C=O) groups excluding carboxylic acids is 1. The molecule has 1 amide bonds. The van der Waals surface area contributed by atoms with Gasteiger partial charge in [-0.1, -0.05) is 6.58 Å². The molecule has 4 aromatic rings. The third-order valence-corrected chi connectivity index (χ3v) is 6.13. The van der Waals surface area contributed by atoms with Gasteiger partial charge in [0.2, 0.25) is 0 Å². The number of halogens is 1. The van der Waals surface area contributed by atoms with E-state index in [1.165, 1.54) is 6.33 Å². The highest BCUT2D eigenvalue weighted by Crippen LogP contribution is 2.35. The van der Waals surface area contributed by atoms with E-state index in [2.05, 4.69) is 37.5 Å². The average molecular weight is 520 g/mol. The minimum absolute atomic E-state index is 0.0376. The summed E-state index contributed by atoms with van der Waals surface area (Å²) in [6, 6.07) is 11.2. The molecule has 1 atom stereocenters. The summed E-state index contributed by atoms with van der Waals surface area (Å²) in [5, 5.41) is 5.60. The van der Waals surface area contributed by atoms with Gasteiger partial charge in [-0.25, -0.2) is 14.6 Å². The molecule has 1 unspecified atom stereocenters. The van der Waals surface area contributed by atoms with Crippen molar-refractivity contribution in [3.63, 3.8) is 0 Å². The van der Waals surface area contributed by atoms with E-state index in [9.17, 15) is 4.79 Å². The fourth-order valence-corrected chi connectivity index (χ4v) is 4.44. The Morgan fingerprint density at radius 2 is 1.85 bits per heavy atom. The number of benzene rings is 1.